The third-order valence-electron chi connectivity index (χ3n) is 1.74. The monoisotopic (exact) mass is 157 g/mol. The van der Waals surface area contributed by atoms with Gasteiger partial charge in [-0.3, -0.25) is 4.79 Å². The Hall–Kier alpha value is -0.370. The molecule has 1 aliphatic rings. The van der Waals surface area contributed by atoms with Crippen LogP contribution in [0.3, 0.4) is 0 Å². The smallest absolute Gasteiger partial charge is 0.152 e. The summed E-state index contributed by atoms with van der Waals surface area (Å²) in [4.78, 5) is 11.1. The topological polar surface area (TPSA) is 29.1 Å². The average Bonchev–Trinajstić information content (AvgIpc) is 1.88. The van der Waals surface area contributed by atoms with Crippen LogP contribution in [0.15, 0.2) is 0 Å². The minimum Gasteiger partial charge on any atom is -0.307 e. The lowest BCUT2D eigenvalue weighted by molar-refractivity contribution is -0.125. The maximum Gasteiger partial charge on any atom is 0.152 e. The van der Waals surface area contributed by atoms with Crippen molar-refractivity contribution in [1.29, 1.82) is 0 Å². The fourth-order valence-electron chi connectivity index (χ4n) is 0.934. The van der Waals surface area contributed by atoms with E-state index in [0.29, 0.717) is 5.78 Å². The van der Waals surface area contributed by atoms with Gasteiger partial charge in [-0.15, -0.1) is 0 Å². The summed E-state index contributed by atoms with van der Waals surface area (Å²) in [6, 6.07) is 0.185. The number of hydrogen-bond donors (Lipinski definition) is 1. The first kappa shape index (κ1) is 10.6. The largest absolute Gasteiger partial charge is 0.307 e. The van der Waals surface area contributed by atoms with Crippen LogP contribution in [0.2, 0.25) is 0 Å². The predicted molar refractivity (Wildman–Crippen MR) is 47.6 cm³/mol. The quantitative estimate of drug-likeness (QED) is 0.659. The van der Waals surface area contributed by atoms with Crippen molar-refractivity contribution in [3.05, 3.63) is 0 Å². The van der Waals surface area contributed by atoms with Crippen molar-refractivity contribution in [2.24, 2.45) is 5.92 Å². The molecule has 0 spiro atoms. The van der Waals surface area contributed by atoms with Gasteiger partial charge in [0.05, 0.1) is 6.04 Å². The van der Waals surface area contributed by atoms with Gasteiger partial charge in [0.2, 0.25) is 0 Å². The third-order valence-corrected chi connectivity index (χ3v) is 1.74. The molecule has 1 heterocycles. The zero-order valence-corrected chi connectivity index (χ0v) is 7.98. The van der Waals surface area contributed by atoms with Gasteiger partial charge in [-0.2, -0.15) is 0 Å². The van der Waals surface area contributed by atoms with E-state index in [0.717, 1.165) is 13.0 Å². The summed E-state index contributed by atoms with van der Waals surface area (Å²) in [5.74, 6) is 0.559. The van der Waals surface area contributed by atoms with E-state index in [4.69, 9.17) is 0 Å². The van der Waals surface area contributed by atoms with E-state index in [9.17, 15) is 4.79 Å². The molecule has 0 aliphatic carbocycles. The summed E-state index contributed by atoms with van der Waals surface area (Å²) >= 11 is 0. The summed E-state index contributed by atoms with van der Waals surface area (Å²) in [7, 11) is 0. The Bertz CT molecular complexity index is 117. The van der Waals surface area contributed by atoms with Gasteiger partial charge in [0, 0.05) is 5.92 Å². The highest BCUT2D eigenvalue weighted by molar-refractivity contribution is 5.86. The van der Waals surface area contributed by atoms with Gasteiger partial charge in [-0.1, -0.05) is 27.7 Å². The van der Waals surface area contributed by atoms with E-state index in [1.54, 1.807) is 0 Å². The summed E-state index contributed by atoms with van der Waals surface area (Å²) < 4.78 is 0. The first-order valence-electron chi connectivity index (χ1n) is 4.49. The summed E-state index contributed by atoms with van der Waals surface area (Å²) in [5, 5.41) is 3.08. The molecule has 1 rings (SSSR count). The molecule has 1 atom stereocenters. The Morgan fingerprint density at radius 1 is 1.45 bits per heavy atom. The molecule has 1 unspecified atom stereocenters. The van der Waals surface area contributed by atoms with Crippen LogP contribution in [-0.2, 0) is 4.79 Å². The molecule has 0 aromatic heterocycles. The highest BCUT2D eigenvalue weighted by atomic mass is 16.1. The van der Waals surface area contributed by atoms with Gasteiger partial charge in [-0.25, -0.2) is 0 Å². The minimum atomic E-state index is 0.185. The Kier molecular flexibility index (Phi) is 5.12. The normalized spacial score (nSPS) is 21.7. The molecular formula is C9H19NO. The molecule has 0 saturated carbocycles. The molecule has 1 fully saturated rings. The number of ketones is 1. The van der Waals surface area contributed by atoms with E-state index in [1.165, 1.54) is 0 Å². The standard InChI is InChI=1S/C7H13NO.C2H6/c1-5(2)7(9)6-3-4-8-6;1-2/h5-6,8H,3-4H2,1-2H3;1-2H3. The van der Waals surface area contributed by atoms with E-state index < -0.39 is 0 Å². The molecule has 11 heavy (non-hydrogen) atoms. The summed E-state index contributed by atoms with van der Waals surface area (Å²) in [6.07, 6.45) is 1.04. The van der Waals surface area contributed by atoms with Crippen LogP contribution in [-0.4, -0.2) is 18.4 Å². The van der Waals surface area contributed by atoms with Crippen molar-refractivity contribution in [2.45, 2.75) is 40.2 Å². The van der Waals surface area contributed by atoms with Crippen molar-refractivity contribution in [1.82, 2.24) is 5.32 Å². The van der Waals surface area contributed by atoms with E-state index in [-0.39, 0.29) is 12.0 Å². The molecule has 0 aromatic carbocycles. The summed E-state index contributed by atoms with van der Waals surface area (Å²) in [6.45, 7) is 8.91. The lowest BCUT2D eigenvalue weighted by atomic mass is 9.95. The van der Waals surface area contributed by atoms with Crippen LogP contribution < -0.4 is 5.32 Å². The molecular weight excluding hydrogens is 138 g/mol. The van der Waals surface area contributed by atoms with Crippen LogP contribution in [0, 0.1) is 5.92 Å². The number of Topliss-reactive ketones (excluding diaryl/α,β-unsaturated/α-hetero) is 1. The van der Waals surface area contributed by atoms with Gasteiger partial charge >= 0.3 is 0 Å². The molecule has 0 aromatic rings. The fourth-order valence-corrected chi connectivity index (χ4v) is 0.934. The van der Waals surface area contributed by atoms with E-state index in [1.807, 2.05) is 27.7 Å². The maximum atomic E-state index is 11.1. The Morgan fingerprint density at radius 2 is 1.91 bits per heavy atom. The van der Waals surface area contributed by atoms with Gasteiger partial charge in [0.1, 0.15) is 0 Å². The highest BCUT2D eigenvalue weighted by Gasteiger charge is 2.25. The Labute approximate surface area is 69.4 Å². The van der Waals surface area contributed by atoms with Crippen LogP contribution in [0.5, 0.6) is 0 Å². The van der Waals surface area contributed by atoms with Gasteiger partial charge in [0.25, 0.3) is 0 Å². The number of carbonyl (C=O) groups is 1. The lowest BCUT2D eigenvalue weighted by Crippen LogP contribution is -2.49. The van der Waals surface area contributed by atoms with E-state index >= 15 is 0 Å². The molecule has 1 N–H and O–H groups in total. The Morgan fingerprint density at radius 3 is 2.00 bits per heavy atom. The SMILES string of the molecule is CC.CC(C)C(=O)C1CCN1. The second kappa shape index (κ2) is 5.30. The minimum absolute atomic E-state index is 0.185. The fraction of sp³-hybridized carbons (Fsp3) is 0.889. The first-order valence-corrected chi connectivity index (χ1v) is 4.49. The second-order valence-electron chi connectivity index (χ2n) is 2.85. The second-order valence-corrected chi connectivity index (χ2v) is 2.85. The molecule has 0 radical (unpaired) electrons. The van der Waals surface area contributed by atoms with Crippen molar-refractivity contribution in [3.63, 3.8) is 0 Å². The lowest BCUT2D eigenvalue weighted by Gasteiger charge is -2.27. The first-order chi connectivity index (χ1) is 5.22. The van der Waals surface area contributed by atoms with Crippen molar-refractivity contribution >= 4 is 5.78 Å². The maximum absolute atomic E-state index is 11.1. The van der Waals surface area contributed by atoms with Gasteiger partial charge in [0.15, 0.2) is 5.78 Å². The van der Waals surface area contributed by atoms with Crippen LogP contribution >= 0.6 is 0 Å². The zero-order valence-electron chi connectivity index (χ0n) is 7.98. The van der Waals surface area contributed by atoms with Crippen molar-refractivity contribution < 1.29 is 4.79 Å². The molecule has 0 bridgehead atoms. The van der Waals surface area contributed by atoms with Crippen LogP contribution in [0.25, 0.3) is 0 Å². The molecule has 2 heteroatoms. The van der Waals surface area contributed by atoms with Gasteiger partial charge < -0.3 is 5.32 Å². The zero-order chi connectivity index (χ0) is 8.85. The molecule has 66 valence electrons. The number of hydrogen-bond acceptors (Lipinski definition) is 2. The molecule has 1 aliphatic heterocycles. The molecule has 0 amide bonds. The molecule has 1 saturated heterocycles. The van der Waals surface area contributed by atoms with E-state index in [2.05, 4.69) is 5.32 Å². The number of rotatable bonds is 2. The van der Waals surface area contributed by atoms with Crippen molar-refractivity contribution in [3.8, 4) is 0 Å². The highest BCUT2D eigenvalue weighted by Crippen LogP contribution is 2.08. The Balaban J connectivity index is 0.000000461. The third kappa shape index (κ3) is 3.02. The summed E-state index contributed by atoms with van der Waals surface area (Å²) in [5.41, 5.74) is 0. The number of nitrogens with one attached hydrogen (secondary N) is 1. The van der Waals surface area contributed by atoms with Crippen LogP contribution in [0.1, 0.15) is 34.1 Å². The predicted octanol–water partition coefficient (Wildman–Crippen LogP) is 1.60. The average molecular weight is 157 g/mol. The molecule has 2 nitrogen and oxygen atoms in total. The number of carbonyl (C=O) groups excluding carboxylic acids is 1. The van der Waals surface area contributed by atoms with Crippen LogP contribution in [0.4, 0.5) is 0 Å². The van der Waals surface area contributed by atoms with Gasteiger partial charge in [-0.05, 0) is 13.0 Å². The van der Waals surface area contributed by atoms with Crippen molar-refractivity contribution in [2.75, 3.05) is 6.54 Å².